The fourth-order valence-corrected chi connectivity index (χ4v) is 10.2. The lowest BCUT2D eigenvalue weighted by atomic mass is 9.85. The number of aryl methyl sites for hydroxylation is 2. The quantitative estimate of drug-likeness (QED) is 0.0609. The van der Waals surface area contributed by atoms with Crippen molar-refractivity contribution in [1.82, 2.24) is 25.8 Å². The number of likely N-dealkylation sites (tertiary alicyclic amines) is 1. The van der Waals surface area contributed by atoms with Gasteiger partial charge in [0.25, 0.3) is 0 Å². The first-order valence-electron chi connectivity index (χ1n) is 24.4. The number of nitrogens with two attached hydrogens (primary N) is 2. The van der Waals surface area contributed by atoms with Crippen LogP contribution in [0.15, 0.2) is 72.2 Å². The zero-order valence-corrected chi connectivity index (χ0v) is 42.0. The molecule has 0 bridgehead atoms. The number of aromatic nitrogens is 1. The molecule has 4 aromatic rings. The number of nitrogens with one attached hydrogen (secondary N) is 3. The second-order valence-corrected chi connectivity index (χ2v) is 20.8. The second kappa shape index (κ2) is 23.2. The molecule has 16 nitrogen and oxygen atoms in total. The predicted molar refractivity (Wildman–Crippen MR) is 271 cm³/mol. The molecule has 1 fully saturated rings. The topological polar surface area (TPSA) is 239 Å². The number of amides is 6. The third-order valence-electron chi connectivity index (χ3n) is 13.5. The molecule has 1 aromatic heterocycles. The zero-order chi connectivity index (χ0) is 51.0. The third-order valence-corrected chi connectivity index (χ3v) is 14.4. The summed E-state index contributed by atoms with van der Waals surface area (Å²) in [5, 5.41) is 19.5. The molecule has 6 amide bonds. The van der Waals surface area contributed by atoms with Crippen molar-refractivity contribution in [2.45, 2.75) is 148 Å². The lowest BCUT2D eigenvalue weighted by Gasteiger charge is -2.35. The summed E-state index contributed by atoms with van der Waals surface area (Å²) >= 11 is 1.57. The van der Waals surface area contributed by atoms with Gasteiger partial charge in [-0.2, -0.15) is 0 Å². The molecule has 8 N–H and O–H groups in total. The summed E-state index contributed by atoms with van der Waals surface area (Å²) in [6.45, 7) is 9.80. The number of hydrogen-bond donors (Lipinski definition) is 6. The number of unbranched alkanes of at least 4 members (excludes halogenated alkanes) is 1. The van der Waals surface area contributed by atoms with Crippen LogP contribution in [0, 0.1) is 24.2 Å². The third kappa shape index (κ3) is 13.1. The minimum absolute atomic E-state index is 0.0128. The molecule has 3 aromatic carbocycles. The molecule has 0 unspecified atom stereocenters. The highest BCUT2D eigenvalue weighted by molar-refractivity contribution is 7.13. The number of nitrogens with zero attached hydrogens (tertiary/aromatic N) is 3. The van der Waals surface area contributed by atoms with Gasteiger partial charge in [0.2, 0.25) is 35.4 Å². The number of β-amino-alcohol motifs (C(OH)–C–C–N with tert-alkyl or cyclic N) is 1. The maximum absolute atomic E-state index is 14.1. The van der Waals surface area contributed by atoms with E-state index in [2.05, 4.69) is 32.8 Å². The van der Waals surface area contributed by atoms with Gasteiger partial charge in [-0.25, -0.2) is 4.98 Å². The molecule has 17 heteroatoms. The van der Waals surface area contributed by atoms with E-state index >= 15 is 0 Å². The van der Waals surface area contributed by atoms with E-state index in [4.69, 9.17) is 16.2 Å². The molecule has 4 heterocycles. The maximum Gasteiger partial charge on any atom is 0.246 e. The molecule has 0 radical (unpaired) electrons. The van der Waals surface area contributed by atoms with E-state index in [0.717, 1.165) is 49.6 Å². The van der Waals surface area contributed by atoms with Crippen LogP contribution in [-0.2, 0) is 59.5 Å². The number of primary amides is 1. The molecule has 376 valence electrons. The van der Waals surface area contributed by atoms with Crippen molar-refractivity contribution < 1.29 is 38.6 Å². The Kier molecular flexibility index (Phi) is 17.1. The number of thiazole rings is 1. The number of carbonyl (C=O) groups is 6. The largest absolute Gasteiger partial charge is 0.391 e. The zero-order valence-electron chi connectivity index (χ0n) is 41.2. The number of benzene rings is 3. The lowest BCUT2D eigenvalue weighted by molar-refractivity contribution is -0.144. The molecule has 1 saturated heterocycles. The molecule has 7 atom stereocenters. The van der Waals surface area contributed by atoms with E-state index in [0.29, 0.717) is 32.1 Å². The van der Waals surface area contributed by atoms with Crippen molar-refractivity contribution in [3.05, 3.63) is 106 Å². The minimum Gasteiger partial charge on any atom is -0.391 e. The van der Waals surface area contributed by atoms with Gasteiger partial charge in [0.15, 0.2) is 0 Å². The summed E-state index contributed by atoms with van der Waals surface area (Å²) < 4.78 is 6.22. The van der Waals surface area contributed by atoms with Gasteiger partial charge in [0.05, 0.1) is 52.7 Å². The Labute approximate surface area is 419 Å². The molecule has 0 spiro atoms. The molecule has 0 aliphatic carbocycles. The molecule has 71 heavy (non-hydrogen) atoms. The van der Waals surface area contributed by atoms with Gasteiger partial charge >= 0.3 is 0 Å². The summed E-state index contributed by atoms with van der Waals surface area (Å²) in [6, 6.07) is 17.4. The Hall–Kier alpha value is -6.45. The number of aliphatic hydroxyl groups is 1. The van der Waals surface area contributed by atoms with Gasteiger partial charge in [-0.1, -0.05) is 87.2 Å². The molecule has 7 rings (SSSR count). The Morgan fingerprint density at radius 3 is 2.37 bits per heavy atom. The predicted octanol–water partition coefficient (Wildman–Crippen LogP) is 4.34. The fourth-order valence-electron chi connectivity index (χ4n) is 9.41. The van der Waals surface area contributed by atoms with Gasteiger partial charge in [-0.15, -0.1) is 11.3 Å². The average molecular weight is 987 g/mol. The van der Waals surface area contributed by atoms with Crippen LogP contribution < -0.4 is 32.3 Å². The Morgan fingerprint density at radius 1 is 0.958 bits per heavy atom. The first-order chi connectivity index (χ1) is 33.9. The van der Waals surface area contributed by atoms with Crippen molar-refractivity contribution in [2.75, 3.05) is 11.4 Å². The molecular weight excluding hydrogens is 921 g/mol. The van der Waals surface area contributed by atoms with E-state index in [9.17, 15) is 33.9 Å². The van der Waals surface area contributed by atoms with E-state index in [1.54, 1.807) is 16.2 Å². The number of anilines is 1. The van der Waals surface area contributed by atoms with Gasteiger partial charge in [-0.3, -0.25) is 33.7 Å². The summed E-state index contributed by atoms with van der Waals surface area (Å²) in [7, 11) is 0. The Bertz CT molecular complexity index is 2650. The van der Waals surface area contributed by atoms with Gasteiger partial charge in [0.1, 0.15) is 18.1 Å². The van der Waals surface area contributed by atoms with Crippen molar-refractivity contribution in [2.24, 2.45) is 16.9 Å². The highest BCUT2D eigenvalue weighted by atomic mass is 32.1. The van der Waals surface area contributed by atoms with Gasteiger partial charge < -0.3 is 42.2 Å². The smallest absolute Gasteiger partial charge is 0.246 e. The normalized spacial score (nSPS) is 19.7. The molecule has 3 aliphatic rings. The van der Waals surface area contributed by atoms with Crippen LogP contribution in [0.4, 0.5) is 5.69 Å². The van der Waals surface area contributed by atoms with Crippen molar-refractivity contribution in [1.29, 1.82) is 0 Å². The van der Waals surface area contributed by atoms with Crippen LogP contribution >= 0.6 is 11.3 Å². The van der Waals surface area contributed by atoms with Crippen LogP contribution in [-0.4, -0.2) is 99.4 Å². The highest BCUT2D eigenvalue weighted by Gasteiger charge is 2.45. The van der Waals surface area contributed by atoms with E-state index in [1.807, 2.05) is 107 Å². The summed E-state index contributed by atoms with van der Waals surface area (Å²) in [5.74, 6) is 4.03. The van der Waals surface area contributed by atoms with E-state index in [-0.39, 0.29) is 69.0 Å². The molecule has 0 saturated carbocycles. The first kappa shape index (κ1) is 52.4. The Balaban J connectivity index is 0.865. The number of aliphatic hydroxyl groups excluding tert-OH is 1. The molecular formula is C54H66N8O8S. The maximum atomic E-state index is 14.1. The number of carbonyl (C=O) groups excluding carboxylic acids is 6. The van der Waals surface area contributed by atoms with Crippen LogP contribution in [0.25, 0.3) is 10.4 Å². The number of para-hydroxylation sites is 1. The lowest BCUT2D eigenvalue weighted by Crippen LogP contribution is -2.57. The number of rotatable bonds is 18. The Morgan fingerprint density at radius 2 is 1.68 bits per heavy atom. The van der Waals surface area contributed by atoms with Crippen molar-refractivity contribution >= 4 is 52.5 Å². The summed E-state index contributed by atoms with van der Waals surface area (Å²) in [6.07, 6.45) is 1.54. The standard InChI is InChI=1S/C54H66N8O8S/c1-32-48(71-31-58-32)38-20-18-35(19-21-38)28-57-50(66)43-27-40(63)29-61(43)53(69)49(54(3,4)5)60-46(65)13-8-6-7-10-34-14-16-36(17-15-34)30-70-33(2)42(24-25-45(56)64)59-51(67)44-26-39-12-9-11-37-22-23-41(55)52(68)62(44)47(37)39/h9,11-12,14-21,31,33,40-44,49,63H,6,8,13,22-30,55H2,1-5H3,(H2,56,64)(H,57,66)(H,59,67)(H,60,65)/t33-,40-,41+,42+,43+,44+,49-/m1/s1. The SMILES string of the molecule is Cc1ncsc1-c1ccc(CNC(=O)[C@@H]2C[C@@H](O)CN2C(=O)[C@@H](NC(=O)CCCC#Cc2ccc(CO[C@H](C)[C@H](CCC(N)=O)NC(=O)[C@@H]3Cc4cccc5c4N3C(=O)[C@@H](N)CC5)cc2)C(C)(C)C)cc1. The van der Waals surface area contributed by atoms with Gasteiger partial charge in [-0.05, 0) is 84.9 Å². The van der Waals surface area contributed by atoms with Crippen molar-refractivity contribution in [3.63, 3.8) is 0 Å². The first-order valence-corrected chi connectivity index (χ1v) is 25.3. The fraction of sp³-hybridized carbons (Fsp3) is 0.463. The minimum atomic E-state index is -0.931. The van der Waals surface area contributed by atoms with Crippen LogP contribution in [0.2, 0.25) is 0 Å². The summed E-state index contributed by atoms with van der Waals surface area (Å²) in [5.41, 5.74) is 20.1. The summed E-state index contributed by atoms with van der Waals surface area (Å²) in [4.78, 5) is 88.3. The number of hydrogen-bond acceptors (Lipinski definition) is 11. The van der Waals surface area contributed by atoms with Crippen LogP contribution in [0.1, 0.15) is 106 Å². The number of ether oxygens (including phenoxy) is 1. The second-order valence-electron chi connectivity index (χ2n) is 19.9. The van der Waals surface area contributed by atoms with Crippen molar-refractivity contribution in [3.8, 4) is 22.3 Å². The van der Waals surface area contributed by atoms with E-state index in [1.165, 1.54) is 4.90 Å². The highest BCUT2D eigenvalue weighted by Crippen LogP contribution is 2.39. The van der Waals surface area contributed by atoms with E-state index < -0.39 is 59.6 Å². The monoisotopic (exact) mass is 986 g/mol. The van der Waals surface area contributed by atoms with Gasteiger partial charge in [0, 0.05) is 50.8 Å². The van der Waals surface area contributed by atoms with Crippen LogP contribution in [0.5, 0.6) is 0 Å². The average Bonchev–Trinajstić information content (AvgIpc) is 4.06. The molecule has 3 aliphatic heterocycles. The van der Waals surface area contributed by atoms with Crippen LogP contribution in [0.3, 0.4) is 0 Å².